The fraction of sp³-hybridized carbons (Fsp3) is 0.500. The highest BCUT2D eigenvalue weighted by Gasteiger charge is 2.38. The lowest BCUT2D eigenvalue weighted by molar-refractivity contribution is -0.148. The maximum absolute atomic E-state index is 11.5. The van der Waals surface area contributed by atoms with Crippen LogP contribution in [0.1, 0.15) is 13.3 Å². The van der Waals surface area contributed by atoms with E-state index in [0.29, 0.717) is 5.76 Å². The van der Waals surface area contributed by atoms with Gasteiger partial charge in [-0.25, -0.2) is 0 Å². The van der Waals surface area contributed by atoms with Crippen LogP contribution in [0.5, 0.6) is 0 Å². The van der Waals surface area contributed by atoms with Crippen LogP contribution >= 0.6 is 0 Å². The molecule has 0 unspecified atom stereocenters. The van der Waals surface area contributed by atoms with E-state index in [2.05, 4.69) is 0 Å². The van der Waals surface area contributed by atoms with Crippen LogP contribution in [0.25, 0.3) is 0 Å². The molecule has 1 atom stereocenters. The highest BCUT2D eigenvalue weighted by Crippen LogP contribution is 2.33. The third-order valence-electron chi connectivity index (χ3n) is 2.23. The zero-order valence-corrected chi connectivity index (χ0v) is 8.16. The molecular weight excluding hydrogens is 168 g/mol. The second-order valence-corrected chi connectivity index (χ2v) is 3.10. The quantitative estimate of drug-likeness (QED) is 0.481. The zero-order chi connectivity index (χ0) is 9.90. The van der Waals surface area contributed by atoms with Gasteiger partial charge < -0.3 is 9.47 Å². The van der Waals surface area contributed by atoms with Gasteiger partial charge in [-0.05, 0) is 19.4 Å². The van der Waals surface area contributed by atoms with Gasteiger partial charge in [0.2, 0.25) is 0 Å². The Labute approximate surface area is 78.0 Å². The van der Waals surface area contributed by atoms with E-state index in [1.165, 1.54) is 7.11 Å². The normalized spacial score (nSPS) is 26.5. The average molecular weight is 182 g/mol. The van der Waals surface area contributed by atoms with Gasteiger partial charge in [0.25, 0.3) is 0 Å². The lowest BCUT2D eigenvalue weighted by Crippen LogP contribution is -2.31. The summed E-state index contributed by atoms with van der Waals surface area (Å²) in [5.41, 5.74) is -0.748. The minimum atomic E-state index is -0.748. The molecule has 0 saturated heterocycles. The van der Waals surface area contributed by atoms with Gasteiger partial charge in [0, 0.05) is 0 Å². The Hall–Kier alpha value is -1.25. The molecule has 0 aliphatic heterocycles. The molecule has 0 saturated carbocycles. The molecule has 0 radical (unpaired) electrons. The molecule has 3 nitrogen and oxygen atoms in total. The van der Waals surface area contributed by atoms with Gasteiger partial charge in [0.05, 0.1) is 14.2 Å². The van der Waals surface area contributed by atoms with Crippen LogP contribution < -0.4 is 0 Å². The van der Waals surface area contributed by atoms with Gasteiger partial charge in [-0.3, -0.25) is 4.79 Å². The minimum absolute atomic E-state index is 0.295. The number of ether oxygens (including phenoxy) is 2. The molecule has 0 heterocycles. The SMILES string of the molecule is COC(=O)[C@]1(C)C=CCC=C1OC. The molecule has 0 aromatic rings. The number of rotatable bonds is 2. The number of hydrogen-bond donors (Lipinski definition) is 0. The number of hydrogen-bond acceptors (Lipinski definition) is 3. The van der Waals surface area contributed by atoms with Crippen LogP contribution in [0.2, 0.25) is 0 Å². The maximum Gasteiger partial charge on any atom is 0.323 e. The molecule has 1 rings (SSSR count). The van der Waals surface area contributed by atoms with Crippen LogP contribution in [-0.4, -0.2) is 20.2 Å². The molecule has 0 fully saturated rings. The standard InChI is InChI=1S/C10H14O3/c1-10(9(11)13-3)7-5-4-6-8(10)12-2/h5-7H,4H2,1-3H3/t10-/m1/s1. The number of methoxy groups -OCH3 is 2. The van der Waals surface area contributed by atoms with Crippen molar-refractivity contribution in [1.82, 2.24) is 0 Å². The topological polar surface area (TPSA) is 35.5 Å². The van der Waals surface area contributed by atoms with E-state index in [1.54, 1.807) is 14.0 Å². The van der Waals surface area contributed by atoms with Crippen molar-refractivity contribution in [2.24, 2.45) is 5.41 Å². The fourth-order valence-corrected chi connectivity index (χ4v) is 1.45. The van der Waals surface area contributed by atoms with E-state index < -0.39 is 5.41 Å². The molecule has 0 aromatic carbocycles. The Morgan fingerprint density at radius 2 is 2.23 bits per heavy atom. The molecule has 0 N–H and O–H groups in total. The Morgan fingerprint density at radius 3 is 2.77 bits per heavy atom. The van der Waals surface area contributed by atoms with Crippen molar-refractivity contribution >= 4 is 5.97 Å². The van der Waals surface area contributed by atoms with Gasteiger partial charge in [-0.15, -0.1) is 0 Å². The lowest BCUT2D eigenvalue weighted by Gasteiger charge is -2.27. The molecule has 3 heteroatoms. The van der Waals surface area contributed by atoms with Gasteiger partial charge in [-0.2, -0.15) is 0 Å². The fourth-order valence-electron chi connectivity index (χ4n) is 1.45. The molecule has 0 spiro atoms. The third-order valence-corrected chi connectivity index (χ3v) is 2.23. The summed E-state index contributed by atoms with van der Waals surface area (Å²) in [6, 6.07) is 0. The lowest BCUT2D eigenvalue weighted by atomic mass is 9.84. The second kappa shape index (κ2) is 3.64. The first-order valence-corrected chi connectivity index (χ1v) is 4.16. The predicted molar refractivity (Wildman–Crippen MR) is 49.0 cm³/mol. The highest BCUT2D eigenvalue weighted by molar-refractivity contribution is 5.82. The van der Waals surface area contributed by atoms with Crippen molar-refractivity contribution in [3.05, 3.63) is 24.0 Å². The predicted octanol–water partition coefficient (Wildman–Crippen LogP) is 1.66. The highest BCUT2D eigenvalue weighted by atomic mass is 16.5. The zero-order valence-electron chi connectivity index (χ0n) is 8.16. The molecular formula is C10H14O3. The molecule has 13 heavy (non-hydrogen) atoms. The summed E-state index contributed by atoms with van der Waals surface area (Å²) in [4.78, 5) is 11.5. The van der Waals surface area contributed by atoms with Crippen molar-refractivity contribution < 1.29 is 14.3 Å². The van der Waals surface area contributed by atoms with E-state index in [4.69, 9.17) is 9.47 Å². The summed E-state index contributed by atoms with van der Waals surface area (Å²) >= 11 is 0. The van der Waals surface area contributed by atoms with Gasteiger partial charge in [0.15, 0.2) is 0 Å². The third kappa shape index (κ3) is 1.59. The molecule has 0 bridgehead atoms. The van der Waals surface area contributed by atoms with Crippen molar-refractivity contribution in [2.45, 2.75) is 13.3 Å². The number of esters is 1. The van der Waals surface area contributed by atoms with E-state index in [9.17, 15) is 4.79 Å². The Bertz CT molecular complexity index is 265. The van der Waals surface area contributed by atoms with Crippen molar-refractivity contribution in [3.8, 4) is 0 Å². The van der Waals surface area contributed by atoms with E-state index in [1.807, 2.05) is 18.2 Å². The van der Waals surface area contributed by atoms with Crippen LogP contribution in [0.3, 0.4) is 0 Å². The molecule has 1 aliphatic carbocycles. The Balaban J connectivity index is 2.97. The number of carbonyl (C=O) groups is 1. The van der Waals surface area contributed by atoms with E-state index in [0.717, 1.165) is 6.42 Å². The molecule has 0 amide bonds. The van der Waals surface area contributed by atoms with Gasteiger partial charge in [-0.1, -0.05) is 12.2 Å². The Kier molecular flexibility index (Phi) is 2.76. The monoisotopic (exact) mass is 182 g/mol. The van der Waals surface area contributed by atoms with Crippen LogP contribution in [0.15, 0.2) is 24.0 Å². The summed E-state index contributed by atoms with van der Waals surface area (Å²) < 4.78 is 9.85. The summed E-state index contributed by atoms with van der Waals surface area (Å²) in [5, 5.41) is 0. The minimum Gasteiger partial charge on any atom is -0.500 e. The smallest absolute Gasteiger partial charge is 0.323 e. The summed E-state index contributed by atoms with van der Waals surface area (Å²) in [6.45, 7) is 1.78. The number of allylic oxidation sites excluding steroid dienone is 2. The van der Waals surface area contributed by atoms with Crippen molar-refractivity contribution in [3.63, 3.8) is 0 Å². The summed E-state index contributed by atoms with van der Waals surface area (Å²) in [5.74, 6) is 0.360. The van der Waals surface area contributed by atoms with Crippen molar-refractivity contribution in [2.75, 3.05) is 14.2 Å². The van der Waals surface area contributed by atoms with Crippen LogP contribution in [0.4, 0.5) is 0 Å². The van der Waals surface area contributed by atoms with Gasteiger partial charge >= 0.3 is 5.97 Å². The molecule has 72 valence electrons. The van der Waals surface area contributed by atoms with E-state index >= 15 is 0 Å². The van der Waals surface area contributed by atoms with E-state index in [-0.39, 0.29) is 5.97 Å². The van der Waals surface area contributed by atoms with Gasteiger partial charge in [0.1, 0.15) is 11.2 Å². The van der Waals surface area contributed by atoms with Crippen LogP contribution in [-0.2, 0) is 14.3 Å². The van der Waals surface area contributed by atoms with Crippen LogP contribution in [0, 0.1) is 5.41 Å². The first kappa shape index (κ1) is 9.84. The van der Waals surface area contributed by atoms with Crippen molar-refractivity contribution in [1.29, 1.82) is 0 Å². The molecule has 1 aliphatic rings. The first-order chi connectivity index (χ1) is 6.15. The summed E-state index contributed by atoms with van der Waals surface area (Å²) in [7, 11) is 2.94. The average Bonchev–Trinajstić information content (AvgIpc) is 2.17. The largest absolute Gasteiger partial charge is 0.500 e. The Morgan fingerprint density at radius 1 is 1.54 bits per heavy atom. The second-order valence-electron chi connectivity index (χ2n) is 3.10. The number of carbonyl (C=O) groups excluding carboxylic acids is 1. The first-order valence-electron chi connectivity index (χ1n) is 4.16. The summed E-state index contributed by atoms with van der Waals surface area (Å²) in [6.07, 6.45) is 6.43. The molecule has 0 aromatic heterocycles. The maximum atomic E-state index is 11.5.